The summed E-state index contributed by atoms with van der Waals surface area (Å²) in [5, 5.41) is 11.4. The van der Waals surface area contributed by atoms with E-state index in [0.717, 1.165) is 0 Å². The van der Waals surface area contributed by atoms with Crippen LogP contribution in [0.15, 0.2) is 30.3 Å². The molecule has 112 valence electrons. The van der Waals surface area contributed by atoms with Crippen LogP contribution in [0.3, 0.4) is 0 Å². The lowest BCUT2D eigenvalue weighted by Crippen LogP contribution is -2.24. The first kappa shape index (κ1) is 15.2. The molecule has 2 rings (SSSR count). The van der Waals surface area contributed by atoms with Gasteiger partial charge in [-0.2, -0.15) is 0 Å². The molecule has 1 heterocycles. The molecule has 1 unspecified atom stereocenters. The van der Waals surface area contributed by atoms with Gasteiger partial charge < -0.3 is 14.8 Å². The summed E-state index contributed by atoms with van der Waals surface area (Å²) in [5.41, 5.74) is 1.35. The molecule has 0 saturated heterocycles. The maximum Gasteiger partial charge on any atom is 0.233 e. The van der Waals surface area contributed by atoms with Crippen molar-refractivity contribution in [2.45, 2.75) is 13.0 Å². The molecule has 0 aliphatic heterocycles. The standard InChI is InChI=1S/C15H18FN3O2/c1-4-17-15(12-6-8-14(21-3)19-18-12)11-9-10(16)5-7-13(11)20-2/h5-9,15,17H,4H2,1-3H3. The van der Waals surface area contributed by atoms with Gasteiger partial charge in [-0.25, -0.2) is 4.39 Å². The molecular formula is C15H18FN3O2. The van der Waals surface area contributed by atoms with Gasteiger partial charge in [-0.1, -0.05) is 6.92 Å². The molecular weight excluding hydrogens is 273 g/mol. The van der Waals surface area contributed by atoms with Crippen molar-refractivity contribution in [1.29, 1.82) is 0 Å². The molecule has 0 spiro atoms. The highest BCUT2D eigenvalue weighted by Gasteiger charge is 2.20. The average molecular weight is 291 g/mol. The molecule has 0 aliphatic carbocycles. The van der Waals surface area contributed by atoms with Crippen LogP contribution in [-0.2, 0) is 0 Å². The van der Waals surface area contributed by atoms with Crippen molar-refractivity contribution in [1.82, 2.24) is 15.5 Å². The van der Waals surface area contributed by atoms with Gasteiger partial charge in [0.15, 0.2) is 0 Å². The Morgan fingerprint density at radius 1 is 1.14 bits per heavy atom. The summed E-state index contributed by atoms with van der Waals surface area (Å²) in [6.45, 7) is 2.66. The predicted octanol–water partition coefficient (Wildman–Crippen LogP) is 2.33. The van der Waals surface area contributed by atoms with Crippen LogP contribution in [0.2, 0.25) is 0 Å². The number of hydrogen-bond acceptors (Lipinski definition) is 5. The summed E-state index contributed by atoms with van der Waals surface area (Å²) >= 11 is 0. The van der Waals surface area contributed by atoms with Crippen molar-refractivity contribution in [2.75, 3.05) is 20.8 Å². The van der Waals surface area contributed by atoms with Gasteiger partial charge in [0, 0.05) is 11.6 Å². The molecule has 1 aromatic carbocycles. The summed E-state index contributed by atoms with van der Waals surface area (Å²) in [6.07, 6.45) is 0. The SMILES string of the molecule is CCNC(c1ccc(OC)nn1)c1cc(F)ccc1OC. The highest BCUT2D eigenvalue weighted by Crippen LogP contribution is 2.30. The molecule has 21 heavy (non-hydrogen) atoms. The number of methoxy groups -OCH3 is 2. The second kappa shape index (κ2) is 6.99. The van der Waals surface area contributed by atoms with Crippen LogP contribution in [0.1, 0.15) is 24.2 Å². The Labute approximate surface area is 123 Å². The fraction of sp³-hybridized carbons (Fsp3) is 0.333. The number of nitrogens with zero attached hydrogens (tertiary/aromatic N) is 2. The zero-order valence-corrected chi connectivity index (χ0v) is 12.3. The minimum atomic E-state index is -0.324. The lowest BCUT2D eigenvalue weighted by atomic mass is 10.0. The maximum atomic E-state index is 13.6. The van der Waals surface area contributed by atoms with Crippen LogP contribution >= 0.6 is 0 Å². The molecule has 0 bridgehead atoms. The smallest absolute Gasteiger partial charge is 0.233 e. The third-order valence-electron chi connectivity index (χ3n) is 3.08. The summed E-state index contributed by atoms with van der Waals surface area (Å²) in [6, 6.07) is 7.62. The number of hydrogen-bond donors (Lipinski definition) is 1. The molecule has 0 saturated carbocycles. The predicted molar refractivity (Wildman–Crippen MR) is 77.1 cm³/mol. The molecule has 0 aliphatic rings. The average Bonchev–Trinajstić information content (AvgIpc) is 2.53. The minimum Gasteiger partial charge on any atom is -0.496 e. The molecule has 1 atom stereocenters. The molecule has 6 heteroatoms. The van der Waals surface area contributed by atoms with Crippen LogP contribution in [-0.4, -0.2) is 31.0 Å². The largest absolute Gasteiger partial charge is 0.496 e. The van der Waals surface area contributed by atoms with Gasteiger partial charge in [0.1, 0.15) is 11.6 Å². The Hall–Kier alpha value is -2.21. The molecule has 1 N–H and O–H groups in total. The summed E-state index contributed by atoms with van der Waals surface area (Å²) in [5.74, 6) is 0.704. The number of halogens is 1. The van der Waals surface area contributed by atoms with Crippen LogP contribution in [0.25, 0.3) is 0 Å². The number of benzene rings is 1. The van der Waals surface area contributed by atoms with E-state index in [9.17, 15) is 4.39 Å². The Morgan fingerprint density at radius 2 is 1.95 bits per heavy atom. The van der Waals surface area contributed by atoms with Crippen molar-refractivity contribution in [3.63, 3.8) is 0 Å². The minimum absolute atomic E-state index is 0.306. The Balaban J connectivity index is 2.44. The van der Waals surface area contributed by atoms with E-state index in [0.29, 0.717) is 29.4 Å². The van der Waals surface area contributed by atoms with E-state index in [2.05, 4.69) is 15.5 Å². The molecule has 1 aromatic heterocycles. The van der Waals surface area contributed by atoms with Crippen molar-refractivity contribution in [3.05, 3.63) is 47.4 Å². The van der Waals surface area contributed by atoms with Crippen molar-refractivity contribution < 1.29 is 13.9 Å². The molecule has 5 nitrogen and oxygen atoms in total. The fourth-order valence-electron chi connectivity index (χ4n) is 2.10. The molecule has 0 fully saturated rings. The zero-order valence-electron chi connectivity index (χ0n) is 12.3. The number of aromatic nitrogens is 2. The first-order valence-electron chi connectivity index (χ1n) is 6.64. The molecule has 0 radical (unpaired) electrons. The fourth-order valence-corrected chi connectivity index (χ4v) is 2.10. The third-order valence-corrected chi connectivity index (χ3v) is 3.08. The van der Waals surface area contributed by atoms with Gasteiger partial charge >= 0.3 is 0 Å². The first-order chi connectivity index (χ1) is 10.2. The van der Waals surface area contributed by atoms with Gasteiger partial charge in [-0.05, 0) is 30.8 Å². The van der Waals surface area contributed by atoms with Crippen LogP contribution < -0.4 is 14.8 Å². The van der Waals surface area contributed by atoms with Crippen LogP contribution in [0.4, 0.5) is 4.39 Å². The van der Waals surface area contributed by atoms with Crippen LogP contribution in [0, 0.1) is 5.82 Å². The molecule has 0 amide bonds. The summed E-state index contributed by atoms with van der Waals surface area (Å²) in [4.78, 5) is 0. The highest BCUT2D eigenvalue weighted by atomic mass is 19.1. The van der Waals surface area contributed by atoms with Crippen molar-refractivity contribution in [2.24, 2.45) is 0 Å². The zero-order chi connectivity index (χ0) is 15.2. The first-order valence-corrected chi connectivity index (χ1v) is 6.64. The van der Waals surface area contributed by atoms with E-state index < -0.39 is 0 Å². The Morgan fingerprint density at radius 3 is 2.52 bits per heavy atom. The second-order valence-corrected chi connectivity index (χ2v) is 4.38. The van der Waals surface area contributed by atoms with Crippen molar-refractivity contribution in [3.8, 4) is 11.6 Å². The third kappa shape index (κ3) is 3.46. The van der Waals surface area contributed by atoms with E-state index in [-0.39, 0.29) is 11.9 Å². The highest BCUT2D eigenvalue weighted by molar-refractivity contribution is 5.40. The monoisotopic (exact) mass is 291 g/mol. The Kier molecular flexibility index (Phi) is 5.05. The van der Waals surface area contributed by atoms with E-state index in [1.54, 1.807) is 25.3 Å². The lowest BCUT2D eigenvalue weighted by Gasteiger charge is -2.20. The Bertz CT molecular complexity index is 590. The van der Waals surface area contributed by atoms with Crippen LogP contribution in [0.5, 0.6) is 11.6 Å². The normalized spacial score (nSPS) is 12.0. The van der Waals surface area contributed by atoms with Gasteiger partial charge in [0.25, 0.3) is 0 Å². The van der Waals surface area contributed by atoms with Gasteiger partial charge in [-0.15, -0.1) is 10.2 Å². The summed E-state index contributed by atoms with van der Waals surface area (Å²) < 4.78 is 23.9. The van der Waals surface area contributed by atoms with E-state index in [1.807, 2.05) is 6.92 Å². The number of nitrogens with one attached hydrogen (secondary N) is 1. The van der Waals surface area contributed by atoms with Gasteiger partial charge in [0.2, 0.25) is 5.88 Å². The maximum absolute atomic E-state index is 13.6. The molecule has 2 aromatic rings. The summed E-state index contributed by atoms with van der Waals surface area (Å²) in [7, 11) is 3.08. The van der Waals surface area contributed by atoms with Crippen molar-refractivity contribution >= 4 is 0 Å². The van der Waals surface area contributed by atoms with E-state index in [4.69, 9.17) is 9.47 Å². The number of rotatable bonds is 6. The quantitative estimate of drug-likeness (QED) is 0.885. The van der Waals surface area contributed by atoms with Gasteiger partial charge in [0.05, 0.1) is 26.0 Å². The lowest BCUT2D eigenvalue weighted by molar-refractivity contribution is 0.388. The van der Waals surface area contributed by atoms with Gasteiger partial charge in [-0.3, -0.25) is 0 Å². The number of ether oxygens (including phenoxy) is 2. The van der Waals surface area contributed by atoms with E-state index >= 15 is 0 Å². The topological polar surface area (TPSA) is 56.3 Å². The second-order valence-electron chi connectivity index (χ2n) is 4.38. The van der Waals surface area contributed by atoms with E-state index in [1.165, 1.54) is 19.2 Å².